The molecule has 3 aliphatic rings. The summed E-state index contributed by atoms with van der Waals surface area (Å²) in [6.45, 7) is 13.6. The maximum absolute atomic E-state index is 14.4. The highest BCUT2D eigenvalue weighted by Gasteiger charge is 2.50. The molecule has 2 aromatic carbocycles. The first kappa shape index (κ1) is 46.5. The number of phenols is 3. The molecule has 1 amide bonds. The number of nitrogens with one attached hydrogen (secondary N) is 1. The lowest BCUT2D eigenvalue weighted by molar-refractivity contribution is -0.160. The molecular formula is C43H60N4O12. The van der Waals surface area contributed by atoms with Gasteiger partial charge in [-0.2, -0.15) is 5.10 Å². The number of Topliss-reactive ketones (excluding diaryl/α,β-unsaturated/α-hetero) is 1. The van der Waals surface area contributed by atoms with E-state index in [2.05, 4.69) is 10.4 Å². The minimum Gasteiger partial charge on any atom is -0.507 e. The third-order valence-electron chi connectivity index (χ3n) is 11.3. The zero-order chi connectivity index (χ0) is 44.3. The average molecular weight is 825 g/mol. The van der Waals surface area contributed by atoms with E-state index in [9.17, 15) is 39.9 Å². The minimum absolute atomic E-state index is 0.0476. The highest BCUT2D eigenvalue weighted by atomic mass is 16.7. The second-order valence-electron chi connectivity index (χ2n) is 16.0. The van der Waals surface area contributed by atoms with E-state index in [1.54, 1.807) is 51.9 Å². The van der Waals surface area contributed by atoms with Crippen molar-refractivity contribution in [2.45, 2.75) is 85.6 Å². The van der Waals surface area contributed by atoms with Gasteiger partial charge < -0.3 is 54.7 Å². The number of allylic oxidation sites excluding steroid dienone is 2. The van der Waals surface area contributed by atoms with Crippen LogP contribution in [-0.4, -0.2) is 131 Å². The van der Waals surface area contributed by atoms with Crippen molar-refractivity contribution in [1.82, 2.24) is 9.91 Å². The van der Waals surface area contributed by atoms with Gasteiger partial charge in [0.25, 0.3) is 11.7 Å². The SMILES string of the molecule is COC1/C=C/OC2(C)Oc3c(C)c(O)c4c(O)c(c(/C=N\N(C)CCN(C)C)c(O)c4c3C2=O)NC(=O)/C(C)=C/C=C/C(C)C(O)C(C)C(O)C(C)C(OC(C)=O)C1C. The number of rotatable bonds is 7. The van der Waals surface area contributed by atoms with Crippen LogP contribution in [0, 0.1) is 30.6 Å². The lowest BCUT2D eigenvalue weighted by Crippen LogP contribution is -2.46. The average Bonchev–Trinajstić information content (AvgIpc) is 3.45. The van der Waals surface area contributed by atoms with Gasteiger partial charge in [-0.15, -0.1) is 0 Å². The van der Waals surface area contributed by atoms with Crippen molar-refractivity contribution in [3.05, 3.63) is 52.8 Å². The number of aliphatic hydroxyl groups excluding tert-OH is 2. The molecule has 59 heavy (non-hydrogen) atoms. The second-order valence-corrected chi connectivity index (χ2v) is 16.0. The Morgan fingerprint density at radius 1 is 0.949 bits per heavy atom. The summed E-state index contributed by atoms with van der Waals surface area (Å²) in [6, 6.07) is 0. The summed E-state index contributed by atoms with van der Waals surface area (Å²) in [5.74, 6) is -8.45. The maximum atomic E-state index is 14.4. The molecule has 0 spiro atoms. The number of aromatic hydroxyl groups is 3. The van der Waals surface area contributed by atoms with Crippen molar-refractivity contribution >= 4 is 40.3 Å². The van der Waals surface area contributed by atoms with Crippen LogP contribution in [0.3, 0.4) is 0 Å². The molecule has 0 aliphatic carbocycles. The monoisotopic (exact) mass is 824 g/mol. The molecule has 3 aliphatic heterocycles. The number of amides is 1. The number of fused-ring (bicyclic) bond motifs is 14. The Labute approximate surface area is 345 Å². The molecule has 0 aromatic heterocycles. The summed E-state index contributed by atoms with van der Waals surface area (Å²) in [4.78, 5) is 42.4. The normalized spacial score (nSPS) is 30.2. The molecule has 5 bridgehead atoms. The highest BCUT2D eigenvalue weighted by Crippen LogP contribution is 2.55. The third-order valence-corrected chi connectivity index (χ3v) is 11.3. The number of ketones is 1. The van der Waals surface area contributed by atoms with Crippen LogP contribution >= 0.6 is 0 Å². The maximum Gasteiger partial charge on any atom is 0.312 e. The number of carbonyl (C=O) groups excluding carboxylic acids is 3. The zero-order valence-corrected chi connectivity index (χ0v) is 35.9. The van der Waals surface area contributed by atoms with Gasteiger partial charge in [0.2, 0.25) is 0 Å². The van der Waals surface area contributed by atoms with E-state index in [0.717, 1.165) is 0 Å². The number of benzene rings is 2. The quantitative estimate of drug-likeness (QED) is 0.0741. The number of ether oxygens (including phenoxy) is 4. The summed E-state index contributed by atoms with van der Waals surface area (Å²) in [6.07, 6.45) is 4.76. The molecule has 9 atom stereocenters. The van der Waals surface area contributed by atoms with Crippen LogP contribution in [0.1, 0.15) is 70.0 Å². The van der Waals surface area contributed by atoms with Crippen LogP contribution in [0.4, 0.5) is 5.69 Å². The van der Waals surface area contributed by atoms with Gasteiger partial charge in [-0.3, -0.25) is 19.4 Å². The highest BCUT2D eigenvalue weighted by molar-refractivity contribution is 6.23. The first-order valence-corrected chi connectivity index (χ1v) is 19.6. The van der Waals surface area contributed by atoms with Gasteiger partial charge in [0.05, 0.1) is 53.0 Å². The fourth-order valence-electron chi connectivity index (χ4n) is 7.43. The van der Waals surface area contributed by atoms with Gasteiger partial charge in [0.1, 0.15) is 23.4 Å². The molecule has 6 N–H and O–H groups in total. The van der Waals surface area contributed by atoms with E-state index < -0.39 is 88.8 Å². The Kier molecular flexibility index (Phi) is 14.8. The van der Waals surface area contributed by atoms with Crippen molar-refractivity contribution in [1.29, 1.82) is 0 Å². The number of phenolic OH excluding ortho intramolecular Hbond substituents is 3. The largest absolute Gasteiger partial charge is 0.507 e. The second kappa shape index (κ2) is 18.8. The Balaban J connectivity index is 1.97. The molecule has 0 fully saturated rings. The lowest BCUT2D eigenvalue weighted by Gasteiger charge is -2.38. The number of nitrogens with zero attached hydrogens (tertiary/aromatic N) is 3. The van der Waals surface area contributed by atoms with Crippen LogP contribution in [0.2, 0.25) is 0 Å². The summed E-state index contributed by atoms with van der Waals surface area (Å²) in [5, 5.41) is 66.4. The van der Waals surface area contributed by atoms with E-state index in [1.165, 1.54) is 59.4 Å². The van der Waals surface area contributed by atoms with Crippen molar-refractivity contribution < 1.29 is 58.9 Å². The van der Waals surface area contributed by atoms with E-state index in [-0.39, 0.29) is 44.5 Å². The number of esters is 1. The Morgan fingerprint density at radius 3 is 2.22 bits per heavy atom. The van der Waals surface area contributed by atoms with Gasteiger partial charge in [-0.05, 0) is 34.0 Å². The first-order valence-electron chi connectivity index (χ1n) is 19.6. The van der Waals surface area contributed by atoms with E-state index in [4.69, 9.17) is 18.9 Å². The van der Waals surface area contributed by atoms with Crippen LogP contribution in [-0.2, 0) is 23.8 Å². The molecular weight excluding hydrogens is 764 g/mol. The van der Waals surface area contributed by atoms with Gasteiger partial charge in [0.15, 0.2) is 5.75 Å². The van der Waals surface area contributed by atoms with Gasteiger partial charge in [-0.1, -0.05) is 45.9 Å². The molecule has 0 saturated carbocycles. The number of aliphatic hydroxyl groups is 2. The van der Waals surface area contributed by atoms with Gasteiger partial charge >= 0.3 is 11.8 Å². The Morgan fingerprint density at radius 2 is 1.61 bits per heavy atom. The van der Waals surface area contributed by atoms with Crippen LogP contribution in [0.5, 0.6) is 23.0 Å². The summed E-state index contributed by atoms with van der Waals surface area (Å²) in [5.41, 5.74) is -0.432. The molecule has 3 heterocycles. The van der Waals surface area contributed by atoms with Crippen molar-refractivity contribution in [3.63, 3.8) is 0 Å². The third kappa shape index (κ3) is 9.67. The van der Waals surface area contributed by atoms with Crippen LogP contribution in [0.15, 0.2) is 41.2 Å². The molecule has 5 rings (SSSR count). The smallest absolute Gasteiger partial charge is 0.312 e. The summed E-state index contributed by atoms with van der Waals surface area (Å²) in [7, 11) is 6.93. The van der Waals surface area contributed by atoms with E-state index in [0.29, 0.717) is 13.1 Å². The molecule has 0 saturated heterocycles. The number of hydrazone groups is 1. The predicted octanol–water partition coefficient (Wildman–Crippen LogP) is 4.58. The molecule has 16 heteroatoms. The number of likely N-dealkylation sites (N-methyl/N-ethyl adjacent to an activating group) is 2. The standard InChI is InChI=1S/C43H60N4O12/c1-21-14-13-15-22(2)42(55)45-33-28(20-44-47(11)18-17-46(9)10)37(52)30-31(38(33)53)36(51)26(6)40-32(30)41(54)43(8,59-40)57-19-16-29(56-12)23(3)39(58-27(7)48)25(5)35(50)24(4)34(21)49/h13-16,19-21,23-25,29,34-35,39,49-53H,17-18H2,1-12H3,(H,45,55)/b14-13+,19-16+,22-15+,44-20-. The number of carbonyl (C=O) groups is 3. The van der Waals surface area contributed by atoms with E-state index >= 15 is 0 Å². The molecule has 324 valence electrons. The Bertz CT molecular complexity index is 2040. The Hall–Kier alpha value is -5.16. The molecule has 9 unspecified atom stereocenters. The fourth-order valence-corrected chi connectivity index (χ4v) is 7.43. The van der Waals surface area contributed by atoms with Crippen molar-refractivity contribution in [3.8, 4) is 23.0 Å². The fraction of sp³-hybridized carbons (Fsp3) is 0.535. The zero-order valence-electron chi connectivity index (χ0n) is 35.9. The predicted molar refractivity (Wildman–Crippen MR) is 223 cm³/mol. The molecule has 0 radical (unpaired) electrons. The first-order chi connectivity index (χ1) is 27.6. The summed E-state index contributed by atoms with van der Waals surface area (Å²) < 4.78 is 23.6. The van der Waals surface area contributed by atoms with E-state index in [1.807, 2.05) is 19.0 Å². The number of anilines is 1. The van der Waals surface area contributed by atoms with Crippen LogP contribution in [0.25, 0.3) is 10.8 Å². The van der Waals surface area contributed by atoms with Gasteiger partial charge in [-0.25, -0.2) is 0 Å². The number of methoxy groups -OCH3 is 1. The van der Waals surface area contributed by atoms with Gasteiger partial charge in [0, 0.05) is 81.3 Å². The van der Waals surface area contributed by atoms with Crippen LogP contribution < -0.4 is 10.1 Å². The summed E-state index contributed by atoms with van der Waals surface area (Å²) >= 11 is 0. The minimum atomic E-state index is -2.05. The topological polar surface area (TPSA) is 220 Å². The number of hydrogen-bond acceptors (Lipinski definition) is 15. The number of hydrogen-bond donors (Lipinski definition) is 6. The molecule has 16 nitrogen and oxygen atoms in total. The van der Waals surface area contributed by atoms with Crippen molar-refractivity contribution in [2.24, 2.45) is 28.8 Å². The van der Waals surface area contributed by atoms with Crippen molar-refractivity contribution in [2.75, 3.05) is 46.7 Å². The lowest BCUT2D eigenvalue weighted by atomic mass is 9.78. The molecule has 2 aromatic rings.